The highest BCUT2D eigenvalue weighted by molar-refractivity contribution is 5.35. The Morgan fingerprint density at radius 1 is 1.06 bits per heavy atom. The van der Waals surface area contributed by atoms with Gasteiger partial charge in [0.15, 0.2) is 0 Å². The summed E-state index contributed by atoms with van der Waals surface area (Å²) >= 11 is 0. The minimum Gasteiger partial charge on any atom is -0.372 e. The molecule has 0 bridgehead atoms. The molecule has 188 valence electrons. The van der Waals surface area contributed by atoms with E-state index in [9.17, 15) is 31.4 Å². The normalized spacial score (nSPS) is 23.5. The summed E-state index contributed by atoms with van der Waals surface area (Å²) in [5, 5.41) is 12.6. The summed E-state index contributed by atoms with van der Waals surface area (Å²) in [6.07, 6.45) is -11.8. The van der Waals surface area contributed by atoms with Crippen LogP contribution in [0.4, 0.5) is 26.3 Å². The molecule has 1 fully saturated rings. The number of aliphatic hydroxyl groups is 1. The maximum atomic E-state index is 13.2. The number of nitrogens with one attached hydrogen (secondary N) is 1. The second-order valence-corrected chi connectivity index (χ2v) is 8.31. The van der Waals surface area contributed by atoms with Crippen LogP contribution < -0.4 is 11.1 Å². The van der Waals surface area contributed by atoms with Crippen molar-refractivity contribution in [1.29, 1.82) is 0 Å². The average molecular weight is 492 g/mol. The second kappa shape index (κ2) is 10.2. The molecule has 2 aromatic rings. The van der Waals surface area contributed by atoms with E-state index in [0.29, 0.717) is 31.5 Å². The summed E-state index contributed by atoms with van der Waals surface area (Å²) in [4.78, 5) is 0. The van der Waals surface area contributed by atoms with Crippen LogP contribution in [0, 0.1) is 0 Å². The predicted molar refractivity (Wildman–Crippen MR) is 111 cm³/mol. The first-order chi connectivity index (χ1) is 15.8. The smallest absolute Gasteiger partial charge is 0.372 e. The number of aliphatic hydroxyl groups excluding tert-OH is 1. The number of ether oxygens (including phenoxy) is 2. The Balaban J connectivity index is 1.83. The van der Waals surface area contributed by atoms with Gasteiger partial charge in [0.25, 0.3) is 0 Å². The van der Waals surface area contributed by atoms with Crippen LogP contribution in [0.1, 0.15) is 48.1 Å². The van der Waals surface area contributed by atoms with Gasteiger partial charge < -0.3 is 19.9 Å². The number of hydrogen-bond donors (Lipinski definition) is 3. The van der Waals surface area contributed by atoms with E-state index in [1.54, 1.807) is 0 Å². The molecule has 34 heavy (non-hydrogen) atoms. The van der Waals surface area contributed by atoms with Crippen molar-refractivity contribution < 1.29 is 40.9 Å². The largest absolute Gasteiger partial charge is 0.416 e. The Morgan fingerprint density at radius 3 is 2.12 bits per heavy atom. The lowest BCUT2D eigenvalue weighted by Gasteiger charge is -2.42. The van der Waals surface area contributed by atoms with E-state index < -0.39 is 41.5 Å². The Morgan fingerprint density at radius 2 is 1.65 bits per heavy atom. The fourth-order valence-electron chi connectivity index (χ4n) is 4.01. The zero-order chi connectivity index (χ0) is 25.1. The van der Waals surface area contributed by atoms with Crippen LogP contribution in [0.5, 0.6) is 0 Å². The minimum absolute atomic E-state index is 0.0202. The summed E-state index contributed by atoms with van der Waals surface area (Å²) in [7, 11) is 0. The molecule has 0 spiro atoms. The zero-order valence-electron chi connectivity index (χ0n) is 18.3. The highest BCUT2D eigenvalue weighted by Crippen LogP contribution is 2.39. The fraction of sp³-hybridized carbons (Fsp3) is 0.478. The third-order valence-electron chi connectivity index (χ3n) is 5.88. The zero-order valence-corrected chi connectivity index (χ0v) is 18.3. The number of halogens is 6. The van der Waals surface area contributed by atoms with Crippen LogP contribution in [0.3, 0.4) is 0 Å². The molecule has 0 saturated carbocycles. The van der Waals surface area contributed by atoms with Gasteiger partial charge in [0.05, 0.1) is 35.5 Å². The summed E-state index contributed by atoms with van der Waals surface area (Å²) in [5.74, 6) is 0. The van der Waals surface area contributed by atoms with Gasteiger partial charge in [-0.3, -0.25) is 5.73 Å². The van der Waals surface area contributed by atoms with Crippen LogP contribution in [0.2, 0.25) is 0 Å². The van der Waals surface area contributed by atoms with E-state index in [4.69, 9.17) is 15.2 Å². The van der Waals surface area contributed by atoms with E-state index in [0.717, 1.165) is 5.56 Å². The molecule has 0 amide bonds. The quantitative estimate of drug-likeness (QED) is 0.386. The maximum absolute atomic E-state index is 13.2. The van der Waals surface area contributed by atoms with Crippen molar-refractivity contribution in [2.24, 2.45) is 5.73 Å². The van der Waals surface area contributed by atoms with E-state index in [1.165, 1.54) is 6.92 Å². The SMILES string of the molecule is CC(OC[C@@]1(c2ccccc2)CC[C@@H](OC(N)O)CN1)c1cc(C(F)(F)F)cc(C(F)(F)F)c1. The van der Waals surface area contributed by atoms with Gasteiger partial charge in [-0.15, -0.1) is 0 Å². The molecule has 0 aromatic heterocycles. The van der Waals surface area contributed by atoms with Crippen molar-refractivity contribution in [3.05, 3.63) is 70.8 Å². The van der Waals surface area contributed by atoms with Crippen molar-refractivity contribution in [1.82, 2.24) is 5.32 Å². The first-order valence-corrected chi connectivity index (χ1v) is 10.6. The molecule has 1 aliphatic heterocycles. The van der Waals surface area contributed by atoms with Gasteiger partial charge >= 0.3 is 12.4 Å². The molecular formula is C23H26F6N2O3. The molecule has 4 N–H and O–H groups in total. The van der Waals surface area contributed by atoms with Crippen LogP contribution in [0.15, 0.2) is 48.5 Å². The Hall–Kier alpha value is -2.18. The lowest BCUT2D eigenvalue weighted by molar-refractivity contribution is -0.144. The molecular weight excluding hydrogens is 466 g/mol. The van der Waals surface area contributed by atoms with Crippen LogP contribution >= 0.6 is 0 Å². The van der Waals surface area contributed by atoms with Crippen molar-refractivity contribution in [3.8, 4) is 0 Å². The van der Waals surface area contributed by atoms with Crippen molar-refractivity contribution in [2.75, 3.05) is 13.2 Å². The molecule has 1 saturated heterocycles. The monoisotopic (exact) mass is 492 g/mol. The summed E-state index contributed by atoms with van der Waals surface area (Å²) in [6.45, 7) is 1.70. The van der Waals surface area contributed by atoms with Crippen molar-refractivity contribution in [3.63, 3.8) is 0 Å². The van der Waals surface area contributed by atoms with E-state index >= 15 is 0 Å². The molecule has 0 aliphatic carbocycles. The highest BCUT2D eigenvalue weighted by atomic mass is 19.4. The molecule has 1 aliphatic rings. The number of benzene rings is 2. The van der Waals surface area contributed by atoms with Gasteiger partial charge in [-0.25, -0.2) is 0 Å². The van der Waals surface area contributed by atoms with Crippen molar-refractivity contribution in [2.45, 2.75) is 56.3 Å². The summed E-state index contributed by atoms with van der Waals surface area (Å²) < 4.78 is 90.5. The van der Waals surface area contributed by atoms with E-state index in [2.05, 4.69) is 5.32 Å². The van der Waals surface area contributed by atoms with Gasteiger partial charge in [-0.1, -0.05) is 30.3 Å². The molecule has 0 radical (unpaired) electrons. The molecule has 3 rings (SSSR count). The van der Waals surface area contributed by atoms with Gasteiger partial charge in [0, 0.05) is 6.54 Å². The number of rotatable bonds is 7. The topological polar surface area (TPSA) is 76.7 Å². The lowest BCUT2D eigenvalue weighted by Crippen LogP contribution is -2.54. The van der Waals surface area contributed by atoms with Gasteiger partial charge in [0.1, 0.15) is 0 Å². The van der Waals surface area contributed by atoms with Crippen molar-refractivity contribution >= 4 is 0 Å². The van der Waals surface area contributed by atoms with Gasteiger partial charge in [-0.2, -0.15) is 26.3 Å². The maximum Gasteiger partial charge on any atom is 0.416 e. The molecule has 5 nitrogen and oxygen atoms in total. The number of nitrogens with two attached hydrogens (primary N) is 1. The van der Waals surface area contributed by atoms with Crippen LogP contribution in [-0.4, -0.2) is 30.8 Å². The first-order valence-electron chi connectivity index (χ1n) is 10.6. The summed E-state index contributed by atoms with van der Waals surface area (Å²) in [6, 6.07) is 10.6. The molecule has 11 heteroatoms. The summed E-state index contributed by atoms with van der Waals surface area (Å²) in [5.41, 5.74) is 2.35. The third-order valence-corrected chi connectivity index (χ3v) is 5.88. The molecule has 2 aromatic carbocycles. The van der Waals surface area contributed by atoms with Gasteiger partial charge in [-0.05, 0) is 49.1 Å². The Labute approximate surface area is 192 Å². The first kappa shape index (κ1) is 26.4. The van der Waals surface area contributed by atoms with E-state index in [1.807, 2.05) is 30.3 Å². The van der Waals surface area contributed by atoms with Gasteiger partial charge in [0.2, 0.25) is 6.41 Å². The highest BCUT2D eigenvalue weighted by Gasteiger charge is 2.40. The predicted octanol–water partition coefficient (Wildman–Crippen LogP) is 4.70. The van der Waals surface area contributed by atoms with Crippen LogP contribution in [-0.2, 0) is 27.4 Å². The van der Waals surface area contributed by atoms with Crippen LogP contribution in [0.25, 0.3) is 0 Å². The third kappa shape index (κ3) is 6.48. The average Bonchev–Trinajstić information content (AvgIpc) is 2.77. The second-order valence-electron chi connectivity index (χ2n) is 8.31. The Bertz CT molecular complexity index is 910. The minimum atomic E-state index is -4.94. The number of hydrogen-bond acceptors (Lipinski definition) is 5. The molecule has 2 unspecified atom stereocenters. The lowest BCUT2D eigenvalue weighted by atomic mass is 9.82. The molecule has 4 atom stereocenters. The Kier molecular flexibility index (Phi) is 7.93. The molecule has 1 heterocycles. The number of alkyl halides is 6. The standard InChI is InChI=1S/C23H26F6N2O3/c1-14(15-9-17(22(24,25)26)11-18(10-15)23(27,28)29)33-13-21(16-5-3-2-4-6-16)8-7-19(12-31-21)34-20(30)32/h2-6,9-11,14,19-20,31-32H,7-8,12-13,30H2,1H3/t14?,19-,20?,21-/m1/s1. The van der Waals surface area contributed by atoms with E-state index in [-0.39, 0.29) is 24.3 Å². The number of piperidine rings is 1. The fourth-order valence-corrected chi connectivity index (χ4v) is 4.01.